The zero-order valence-corrected chi connectivity index (χ0v) is 8.40. The molecule has 0 unspecified atom stereocenters. The second-order valence-corrected chi connectivity index (χ2v) is 4.78. The summed E-state index contributed by atoms with van der Waals surface area (Å²) in [7, 11) is 0. The monoisotopic (exact) mass is 156 g/mol. The molecule has 0 amide bonds. The third kappa shape index (κ3) is 5.96. The van der Waals surface area contributed by atoms with E-state index in [9.17, 15) is 0 Å². The SMILES string of the molecule is C=COC(C)(C)CC(C)(C)C. The standard InChI is InChI=1S/C10H20O/c1-7-11-10(5,6)8-9(2,3)4/h7H,1,8H2,2-6H3. The fourth-order valence-corrected chi connectivity index (χ4v) is 1.54. The average Bonchev–Trinajstić information content (AvgIpc) is 1.55. The molecular weight excluding hydrogens is 136 g/mol. The Balaban J connectivity index is 4.00. The molecule has 0 aliphatic rings. The van der Waals surface area contributed by atoms with Gasteiger partial charge >= 0.3 is 0 Å². The van der Waals surface area contributed by atoms with Gasteiger partial charge in [0.15, 0.2) is 0 Å². The van der Waals surface area contributed by atoms with Crippen molar-refractivity contribution < 1.29 is 4.74 Å². The second kappa shape index (κ2) is 3.29. The molecule has 0 aliphatic carbocycles. The molecule has 0 aromatic rings. The predicted molar refractivity (Wildman–Crippen MR) is 49.4 cm³/mol. The summed E-state index contributed by atoms with van der Waals surface area (Å²) < 4.78 is 5.37. The zero-order valence-electron chi connectivity index (χ0n) is 8.40. The van der Waals surface area contributed by atoms with E-state index in [1.807, 2.05) is 0 Å². The highest BCUT2D eigenvalue weighted by Gasteiger charge is 2.25. The van der Waals surface area contributed by atoms with E-state index >= 15 is 0 Å². The van der Waals surface area contributed by atoms with Crippen LogP contribution >= 0.6 is 0 Å². The lowest BCUT2D eigenvalue weighted by atomic mass is 9.84. The maximum atomic E-state index is 5.37. The van der Waals surface area contributed by atoms with Gasteiger partial charge in [0.05, 0.1) is 6.26 Å². The first-order valence-corrected chi connectivity index (χ1v) is 4.06. The molecule has 66 valence electrons. The number of hydrogen-bond acceptors (Lipinski definition) is 1. The minimum atomic E-state index is -0.0833. The molecule has 1 nitrogen and oxygen atoms in total. The summed E-state index contributed by atoms with van der Waals surface area (Å²) in [4.78, 5) is 0. The van der Waals surface area contributed by atoms with E-state index in [4.69, 9.17) is 4.74 Å². The van der Waals surface area contributed by atoms with Crippen molar-refractivity contribution in [3.63, 3.8) is 0 Å². The first-order valence-electron chi connectivity index (χ1n) is 4.06. The maximum Gasteiger partial charge on any atom is 0.103 e. The highest BCUT2D eigenvalue weighted by Crippen LogP contribution is 2.29. The molecule has 0 bridgehead atoms. The highest BCUT2D eigenvalue weighted by atomic mass is 16.5. The lowest BCUT2D eigenvalue weighted by molar-refractivity contribution is 0.0205. The van der Waals surface area contributed by atoms with Crippen molar-refractivity contribution >= 4 is 0 Å². The van der Waals surface area contributed by atoms with E-state index in [0.717, 1.165) is 6.42 Å². The van der Waals surface area contributed by atoms with Gasteiger partial charge in [-0.1, -0.05) is 27.4 Å². The maximum absolute atomic E-state index is 5.37. The number of ether oxygens (including phenoxy) is 1. The van der Waals surface area contributed by atoms with Crippen molar-refractivity contribution in [2.24, 2.45) is 5.41 Å². The molecular formula is C10H20O. The van der Waals surface area contributed by atoms with Gasteiger partial charge < -0.3 is 4.74 Å². The molecule has 0 rings (SSSR count). The Kier molecular flexibility index (Phi) is 3.15. The van der Waals surface area contributed by atoms with E-state index in [2.05, 4.69) is 41.2 Å². The fraction of sp³-hybridized carbons (Fsp3) is 0.800. The minimum Gasteiger partial charge on any atom is -0.496 e. The van der Waals surface area contributed by atoms with Gasteiger partial charge in [-0.05, 0) is 25.7 Å². The summed E-state index contributed by atoms with van der Waals surface area (Å²) in [6.07, 6.45) is 2.55. The van der Waals surface area contributed by atoms with Crippen molar-refractivity contribution in [3.8, 4) is 0 Å². The van der Waals surface area contributed by atoms with Crippen LogP contribution in [0, 0.1) is 5.41 Å². The van der Waals surface area contributed by atoms with Gasteiger partial charge in [-0.3, -0.25) is 0 Å². The highest BCUT2D eigenvalue weighted by molar-refractivity contribution is 4.78. The summed E-state index contributed by atoms with van der Waals surface area (Å²) in [5.41, 5.74) is 0.229. The molecule has 0 N–H and O–H groups in total. The summed E-state index contributed by atoms with van der Waals surface area (Å²) in [5.74, 6) is 0. The van der Waals surface area contributed by atoms with Gasteiger partial charge in [-0.25, -0.2) is 0 Å². The van der Waals surface area contributed by atoms with E-state index in [0.29, 0.717) is 5.41 Å². The minimum absolute atomic E-state index is 0.0833. The molecule has 0 fully saturated rings. The molecule has 0 heterocycles. The van der Waals surface area contributed by atoms with Crippen LogP contribution < -0.4 is 0 Å². The average molecular weight is 156 g/mol. The van der Waals surface area contributed by atoms with Crippen LogP contribution in [0.2, 0.25) is 0 Å². The lowest BCUT2D eigenvalue weighted by Crippen LogP contribution is -2.28. The topological polar surface area (TPSA) is 9.23 Å². The molecule has 11 heavy (non-hydrogen) atoms. The molecule has 0 aliphatic heterocycles. The lowest BCUT2D eigenvalue weighted by Gasteiger charge is -2.31. The van der Waals surface area contributed by atoms with Crippen LogP contribution in [0.1, 0.15) is 41.0 Å². The molecule has 1 heteroatoms. The Morgan fingerprint density at radius 3 is 1.91 bits per heavy atom. The van der Waals surface area contributed by atoms with Crippen LogP contribution in [0.15, 0.2) is 12.8 Å². The van der Waals surface area contributed by atoms with Gasteiger partial charge in [0.25, 0.3) is 0 Å². The molecule has 0 saturated heterocycles. The Bertz CT molecular complexity index is 128. The Morgan fingerprint density at radius 1 is 1.18 bits per heavy atom. The summed E-state index contributed by atoms with van der Waals surface area (Å²) >= 11 is 0. The van der Waals surface area contributed by atoms with Crippen molar-refractivity contribution in [2.75, 3.05) is 0 Å². The quantitative estimate of drug-likeness (QED) is 0.569. The molecule has 0 saturated carbocycles. The molecule has 0 spiro atoms. The summed E-state index contributed by atoms with van der Waals surface area (Å²) in [6.45, 7) is 14.3. The summed E-state index contributed by atoms with van der Waals surface area (Å²) in [6, 6.07) is 0. The van der Waals surface area contributed by atoms with E-state index in [-0.39, 0.29) is 5.60 Å². The van der Waals surface area contributed by atoms with Gasteiger partial charge in [0.1, 0.15) is 5.60 Å². The van der Waals surface area contributed by atoms with E-state index < -0.39 is 0 Å². The van der Waals surface area contributed by atoms with E-state index in [1.54, 1.807) is 0 Å². The summed E-state index contributed by atoms with van der Waals surface area (Å²) in [5, 5.41) is 0. The Hall–Kier alpha value is -0.460. The van der Waals surface area contributed by atoms with Crippen molar-refractivity contribution in [1.29, 1.82) is 0 Å². The van der Waals surface area contributed by atoms with Crippen LogP contribution in [-0.4, -0.2) is 5.60 Å². The molecule has 0 aromatic heterocycles. The molecule has 0 aromatic carbocycles. The normalized spacial score (nSPS) is 12.8. The third-order valence-electron chi connectivity index (χ3n) is 1.36. The molecule has 0 atom stereocenters. The third-order valence-corrected chi connectivity index (χ3v) is 1.36. The van der Waals surface area contributed by atoms with Crippen LogP contribution in [0.25, 0.3) is 0 Å². The van der Waals surface area contributed by atoms with E-state index in [1.165, 1.54) is 6.26 Å². The van der Waals surface area contributed by atoms with Crippen LogP contribution in [0.4, 0.5) is 0 Å². The van der Waals surface area contributed by atoms with Crippen molar-refractivity contribution in [2.45, 2.75) is 46.6 Å². The second-order valence-electron chi connectivity index (χ2n) is 4.78. The Labute approximate surface area is 70.4 Å². The van der Waals surface area contributed by atoms with Crippen LogP contribution in [0.5, 0.6) is 0 Å². The fourth-order valence-electron chi connectivity index (χ4n) is 1.54. The zero-order chi connectivity index (χ0) is 9.12. The largest absolute Gasteiger partial charge is 0.496 e. The smallest absolute Gasteiger partial charge is 0.103 e. The van der Waals surface area contributed by atoms with Crippen LogP contribution in [0.3, 0.4) is 0 Å². The first kappa shape index (κ1) is 10.5. The van der Waals surface area contributed by atoms with Crippen molar-refractivity contribution in [3.05, 3.63) is 12.8 Å². The van der Waals surface area contributed by atoms with Gasteiger partial charge in [-0.15, -0.1) is 0 Å². The van der Waals surface area contributed by atoms with Gasteiger partial charge in [-0.2, -0.15) is 0 Å². The van der Waals surface area contributed by atoms with Crippen molar-refractivity contribution in [1.82, 2.24) is 0 Å². The first-order chi connectivity index (χ1) is 4.77. The molecule has 0 radical (unpaired) electrons. The van der Waals surface area contributed by atoms with Crippen LogP contribution in [-0.2, 0) is 4.74 Å². The Morgan fingerprint density at radius 2 is 1.64 bits per heavy atom. The van der Waals surface area contributed by atoms with Gasteiger partial charge in [0, 0.05) is 0 Å². The number of rotatable bonds is 3. The van der Waals surface area contributed by atoms with Gasteiger partial charge in [0.2, 0.25) is 0 Å². The number of hydrogen-bond donors (Lipinski definition) is 0. The predicted octanol–water partition coefficient (Wildman–Crippen LogP) is 3.36.